The second kappa shape index (κ2) is 10.2. The van der Waals surface area contributed by atoms with E-state index in [1.807, 2.05) is 0 Å². The first-order chi connectivity index (χ1) is 18.1. The van der Waals surface area contributed by atoms with Crippen molar-refractivity contribution in [3.63, 3.8) is 0 Å². The highest BCUT2D eigenvalue weighted by Crippen LogP contribution is 2.34. The number of aromatic nitrogens is 2. The highest BCUT2D eigenvalue weighted by molar-refractivity contribution is 5.94. The Morgan fingerprint density at radius 2 is 2.00 bits per heavy atom. The molecule has 8 nitrogen and oxygen atoms in total. The second-order valence-electron chi connectivity index (χ2n) is 10.8. The summed E-state index contributed by atoms with van der Waals surface area (Å²) in [4.78, 5) is 14.7. The molecule has 3 aromatic rings. The molecule has 1 unspecified atom stereocenters. The van der Waals surface area contributed by atoms with Crippen LogP contribution in [0.2, 0.25) is 0 Å². The number of rotatable bonds is 6. The zero-order chi connectivity index (χ0) is 25.2. The molecular formula is C29H35N7O. The van der Waals surface area contributed by atoms with Crippen LogP contribution < -0.4 is 25.2 Å². The van der Waals surface area contributed by atoms with Gasteiger partial charge in [-0.15, -0.1) is 0 Å². The molecule has 2 aromatic carbocycles. The van der Waals surface area contributed by atoms with Gasteiger partial charge in [0, 0.05) is 54.4 Å². The maximum Gasteiger partial charge on any atom is 0.318 e. The lowest BCUT2D eigenvalue weighted by atomic mass is 10.0. The number of fused-ring (bicyclic) bond motifs is 2. The number of anilines is 2. The van der Waals surface area contributed by atoms with Crippen LogP contribution in [0.25, 0.3) is 10.8 Å². The number of hydrogen-bond acceptors (Lipinski definition) is 8. The van der Waals surface area contributed by atoms with Crippen LogP contribution >= 0.6 is 0 Å². The smallest absolute Gasteiger partial charge is 0.318 e. The molecule has 2 fully saturated rings. The van der Waals surface area contributed by atoms with Gasteiger partial charge in [-0.3, -0.25) is 0 Å². The minimum Gasteiger partial charge on any atom is -0.461 e. The fraction of sp³-hybridized carbons (Fsp3) is 0.483. The fourth-order valence-electron chi connectivity index (χ4n) is 5.97. The Morgan fingerprint density at radius 3 is 2.86 bits per heavy atom. The Labute approximate surface area is 218 Å². The van der Waals surface area contributed by atoms with E-state index in [0.717, 1.165) is 70.0 Å². The third kappa shape index (κ3) is 4.94. The van der Waals surface area contributed by atoms with Crippen molar-refractivity contribution in [2.75, 3.05) is 49.1 Å². The molecule has 3 aliphatic heterocycles. The summed E-state index contributed by atoms with van der Waals surface area (Å²) in [5.74, 6) is 0.978. The number of benzene rings is 2. The lowest BCUT2D eigenvalue weighted by Crippen LogP contribution is -2.51. The molecule has 0 aliphatic carbocycles. The van der Waals surface area contributed by atoms with Gasteiger partial charge in [0.2, 0.25) is 0 Å². The van der Waals surface area contributed by atoms with Crippen molar-refractivity contribution in [1.82, 2.24) is 20.6 Å². The predicted octanol–water partition coefficient (Wildman–Crippen LogP) is 3.41. The van der Waals surface area contributed by atoms with E-state index in [0.29, 0.717) is 19.0 Å². The topological polar surface area (TPSA) is 89.3 Å². The van der Waals surface area contributed by atoms with E-state index in [2.05, 4.69) is 75.9 Å². The van der Waals surface area contributed by atoms with Gasteiger partial charge in [-0.1, -0.05) is 36.4 Å². The molecule has 1 aromatic heterocycles. The first-order valence-electron chi connectivity index (χ1n) is 13.5. The van der Waals surface area contributed by atoms with Crippen molar-refractivity contribution >= 4 is 22.3 Å². The molecule has 37 heavy (non-hydrogen) atoms. The Kier molecular flexibility index (Phi) is 6.58. The molecule has 2 saturated heterocycles. The lowest BCUT2D eigenvalue weighted by molar-refractivity contribution is 0.198. The van der Waals surface area contributed by atoms with Crippen molar-refractivity contribution in [1.29, 1.82) is 5.26 Å². The van der Waals surface area contributed by atoms with Crippen molar-refractivity contribution in [3.05, 3.63) is 53.7 Å². The van der Waals surface area contributed by atoms with Gasteiger partial charge in [-0.05, 0) is 44.2 Å². The summed E-state index contributed by atoms with van der Waals surface area (Å²) >= 11 is 0. The van der Waals surface area contributed by atoms with Gasteiger partial charge in [0.25, 0.3) is 0 Å². The van der Waals surface area contributed by atoms with Crippen LogP contribution in [0.5, 0.6) is 6.01 Å². The van der Waals surface area contributed by atoms with E-state index < -0.39 is 0 Å². The average molecular weight is 498 g/mol. The van der Waals surface area contributed by atoms with Crippen LogP contribution in [0.4, 0.5) is 11.5 Å². The molecule has 0 spiro atoms. The molecule has 2 atom stereocenters. The number of nitrogens with zero attached hydrogens (tertiary/aromatic N) is 5. The molecular weight excluding hydrogens is 462 g/mol. The largest absolute Gasteiger partial charge is 0.461 e. The van der Waals surface area contributed by atoms with Crippen molar-refractivity contribution < 1.29 is 4.74 Å². The predicted molar refractivity (Wildman–Crippen MR) is 146 cm³/mol. The summed E-state index contributed by atoms with van der Waals surface area (Å²) in [7, 11) is 0. The highest BCUT2D eigenvalue weighted by atomic mass is 16.5. The molecule has 4 heterocycles. The maximum atomic E-state index is 9.26. The molecule has 2 N–H and O–H groups in total. The Bertz CT molecular complexity index is 1310. The van der Waals surface area contributed by atoms with Crippen molar-refractivity contribution in [2.45, 2.75) is 50.7 Å². The van der Waals surface area contributed by atoms with E-state index in [1.165, 1.54) is 22.0 Å². The van der Waals surface area contributed by atoms with E-state index >= 15 is 0 Å². The normalized spacial score (nSPS) is 23.6. The van der Waals surface area contributed by atoms with E-state index in [9.17, 15) is 5.26 Å². The second-order valence-corrected chi connectivity index (χ2v) is 10.8. The van der Waals surface area contributed by atoms with Crippen LogP contribution in [0.1, 0.15) is 37.4 Å². The summed E-state index contributed by atoms with van der Waals surface area (Å²) < 4.78 is 6.28. The summed E-state index contributed by atoms with van der Waals surface area (Å²) in [5, 5.41) is 18.8. The molecule has 0 bridgehead atoms. The SMILES string of the molecule is C[C@@]1(COc2nc3c(c(N4CCNC(CC#N)C4)n2)CCN(c2cccc4ccccc24)C3)CCCN1. The monoisotopic (exact) mass is 497 g/mol. The summed E-state index contributed by atoms with van der Waals surface area (Å²) in [5.41, 5.74) is 3.46. The molecule has 0 radical (unpaired) electrons. The molecule has 0 amide bonds. The van der Waals surface area contributed by atoms with Crippen LogP contribution in [0.15, 0.2) is 42.5 Å². The summed E-state index contributed by atoms with van der Waals surface area (Å²) in [6, 6.07) is 18.0. The van der Waals surface area contributed by atoms with Crippen molar-refractivity contribution in [2.24, 2.45) is 0 Å². The molecule has 6 rings (SSSR count). The zero-order valence-electron chi connectivity index (χ0n) is 21.5. The van der Waals surface area contributed by atoms with Gasteiger partial charge in [-0.25, -0.2) is 0 Å². The standard InChI is InChI=1S/C29H35N7O/c1-29(12-5-14-32-29)20-37-28-33-25-19-35(26-9-4-7-21-6-2-3-8-23(21)26)16-11-24(25)27(34-28)36-17-15-31-22(18-36)10-13-30/h2-4,6-9,22,31-32H,5,10-12,14-20H2,1H3/t22?,29-/m0/s1. The van der Waals surface area contributed by atoms with Gasteiger partial charge in [0.1, 0.15) is 12.4 Å². The Hall–Kier alpha value is -3.41. The summed E-state index contributed by atoms with van der Waals surface area (Å²) in [6.07, 6.45) is 3.62. The maximum absolute atomic E-state index is 9.26. The fourth-order valence-corrected chi connectivity index (χ4v) is 5.97. The van der Waals surface area contributed by atoms with E-state index in [-0.39, 0.29) is 11.6 Å². The van der Waals surface area contributed by atoms with Gasteiger partial charge >= 0.3 is 6.01 Å². The zero-order valence-corrected chi connectivity index (χ0v) is 21.5. The molecule has 0 saturated carbocycles. The third-order valence-corrected chi connectivity index (χ3v) is 8.00. The molecule has 8 heteroatoms. The average Bonchev–Trinajstić information content (AvgIpc) is 3.38. The number of nitrogens with one attached hydrogen (secondary N) is 2. The molecule has 3 aliphatic rings. The first kappa shape index (κ1) is 24.0. The minimum atomic E-state index is -0.0403. The van der Waals surface area contributed by atoms with Gasteiger partial charge < -0.3 is 25.2 Å². The lowest BCUT2D eigenvalue weighted by Gasteiger charge is -2.37. The minimum absolute atomic E-state index is 0.0403. The Balaban J connectivity index is 1.33. The molecule has 192 valence electrons. The highest BCUT2D eigenvalue weighted by Gasteiger charge is 2.31. The number of nitriles is 1. The van der Waals surface area contributed by atoms with Crippen molar-refractivity contribution in [3.8, 4) is 12.1 Å². The van der Waals surface area contributed by atoms with Crippen LogP contribution in [-0.2, 0) is 13.0 Å². The van der Waals surface area contributed by atoms with Crippen LogP contribution in [0, 0.1) is 11.3 Å². The summed E-state index contributed by atoms with van der Waals surface area (Å²) in [6.45, 7) is 7.88. The quantitative estimate of drug-likeness (QED) is 0.536. The van der Waals surface area contributed by atoms with E-state index in [1.54, 1.807) is 0 Å². The number of piperazine rings is 1. The van der Waals surface area contributed by atoms with Gasteiger partial charge in [0.15, 0.2) is 0 Å². The number of hydrogen-bond donors (Lipinski definition) is 2. The Morgan fingerprint density at radius 1 is 1.11 bits per heavy atom. The number of ether oxygens (including phenoxy) is 1. The third-order valence-electron chi connectivity index (χ3n) is 8.00. The van der Waals surface area contributed by atoms with Gasteiger partial charge in [-0.2, -0.15) is 15.2 Å². The van der Waals surface area contributed by atoms with Crippen LogP contribution in [0.3, 0.4) is 0 Å². The van der Waals surface area contributed by atoms with Crippen LogP contribution in [-0.4, -0.2) is 60.9 Å². The van der Waals surface area contributed by atoms with Gasteiger partial charge in [0.05, 0.1) is 24.7 Å². The van der Waals surface area contributed by atoms with E-state index in [4.69, 9.17) is 14.7 Å². The first-order valence-corrected chi connectivity index (χ1v) is 13.5.